The van der Waals surface area contributed by atoms with Crippen molar-refractivity contribution in [2.75, 3.05) is 27.3 Å². The lowest BCUT2D eigenvalue weighted by Crippen LogP contribution is -2.37. The highest BCUT2D eigenvalue weighted by molar-refractivity contribution is 9.10. The molecule has 19 heavy (non-hydrogen) atoms. The van der Waals surface area contributed by atoms with Gasteiger partial charge >= 0.3 is 0 Å². The van der Waals surface area contributed by atoms with Gasteiger partial charge in [0, 0.05) is 24.7 Å². The third-order valence-electron chi connectivity index (χ3n) is 3.43. The van der Waals surface area contributed by atoms with E-state index in [1.54, 1.807) is 14.2 Å². The number of β-amino-alcohol motifs (C(OH)–C–C–N with tert-alkyl or cyclic N) is 1. The maximum atomic E-state index is 9.72. The van der Waals surface area contributed by atoms with Crippen LogP contribution in [0.4, 0.5) is 0 Å². The Kier molecular flexibility index (Phi) is 5.07. The normalized spacial score (nSPS) is 20.3. The molecule has 1 aromatic rings. The summed E-state index contributed by atoms with van der Waals surface area (Å²) in [4.78, 5) is 2.25. The lowest BCUT2D eigenvalue weighted by molar-refractivity contribution is 0.0664. The van der Waals surface area contributed by atoms with Gasteiger partial charge in [0.1, 0.15) is 11.5 Å². The Bertz CT molecular complexity index is 439. The highest BCUT2D eigenvalue weighted by Crippen LogP contribution is 2.33. The molecule has 0 bridgehead atoms. The van der Waals surface area contributed by atoms with Gasteiger partial charge in [-0.15, -0.1) is 0 Å². The molecule has 1 fully saturated rings. The lowest BCUT2D eigenvalue weighted by atomic mass is 10.1. The van der Waals surface area contributed by atoms with Crippen molar-refractivity contribution in [3.05, 3.63) is 22.2 Å². The summed E-state index contributed by atoms with van der Waals surface area (Å²) in [6.45, 7) is 2.53. The molecule has 1 aromatic carbocycles. The minimum Gasteiger partial charge on any atom is -0.496 e. The fraction of sp³-hybridized carbons (Fsp3) is 0.571. The summed E-state index contributed by atoms with van der Waals surface area (Å²) in [5, 5.41) is 9.72. The number of aliphatic hydroxyl groups is 1. The Morgan fingerprint density at radius 2 is 2.05 bits per heavy atom. The largest absolute Gasteiger partial charge is 0.496 e. The van der Waals surface area contributed by atoms with E-state index in [2.05, 4.69) is 20.8 Å². The predicted octanol–water partition coefficient (Wildman–Crippen LogP) is 2.42. The lowest BCUT2D eigenvalue weighted by Gasteiger charge is -2.30. The minimum absolute atomic E-state index is 0.207. The van der Waals surface area contributed by atoms with Crippen LogP contribution in [0.3, 0.4) is 0 Å². The fourth-order valence-electron chi connectivity index (χ4n) is 2.46. The maximum Gasteiger partial charge on any atom is 0.136 e. The van der Waals surface area contributed by atoms with Crippen molar-refractivity contribution >= 4 is 15.9 Å². The number of aliphatic hydroxyl groups excluding tert-OH is 1. The molecule has 1 heterocycles. The van der Waals surface area contributed by atoms with Crippen LogP contribution in [-0.4, -0.2) is 43.4 Å². The molecule has 1 aliphatic rings. The quantitative estimate of drug-likeness (QED) is 0.921. The Hall–Kier alpha value is -0.780. The zero-order valence-corrected chi connectivity index (χ0v) is 12.9. The molecule has 0 radical (unpaired) electrons. The number of nitrogens with zero attached hydrogens (tertiary/aromatic N) is 1. The van der Waals surface area contributed by atoms with Crippen LogP contribution >= 0.6 is 15.9 Å². The third kappa shape index (κ3) is 3.61. The van der Waals surface area contributed by atoms with Crippen molar-refractivity contribution in [1.82, 2.24) is 4.90 Å². The summed E-state index contributed by atoms with van der Waals surface area (Å²) in [6.07, 6.45) is 1.74. The molecule has 0 saturated carbocycles. The predicted molar refractivity (Wildman–Crippen MR) is 77.8 cm³/mol. The van der Waals surface area contributed by atoms with Gasteiger partial charge in [-0.25, -0.2) is 0 Å². The molecule has 4 nitrogen and oxygen atoms in total. The highest BCUT2D eigenvalue weighted by atomic mass is 79.9. The second-order valence-electron chi connectivity index (χ2n) is 4.83. The first-order chi connectivity index (χ1) is 9.13. The Balaban J connectivity index is 2.16. The molecule has 106 valence electrons. The molecule has 1 saturated heterocycles. The van der Waals surface area contributed by atoms with Crippen LogP contribution in [0.25, 0.3) is 0 Å². The number of halogens is 1. The van der Waals surface area contributed by atoms with Crippen molar-refractivity contribution in [2.45, 2.75) is 25.5 Å². The zero-order valence-electron chi connectivity index (χ0n) is 11.4. The van der Waals surface area contributed by atoms with Crippen LogP contribution in [0.5, 0.6) is 11.5 Å². The molecular formula is C14H20BrNO3. The fourth-order valence-corrected chi connectivity index (χ4v) is 3.01. The van der Waals surface area contributed by atoms with Gasteiger partial charge in [0.25, 0.3) is 0 Å². The first kappa shape index (κ1) is 14.6. The molecule has 0 amide bonds. The van der Waals surface area contributed by atoms with E-state index in [0.717, 1.165) is 54.0 Å². The molecule has 0 unspecified atom stereocenters. The molecule has 0 aromatic heterocycles. The van der Waals surface area contributed by atoms with E-state index in [-0.39, 0.29) is 6.10 Å². The van der Waals surface area contributed by atoms with Crippen LogP contribution in [0.2, 0.25) is 0 Å². The molecule has 1 aliphatic heterocycles. The number of rotatable bonds is 4. The van der Waals surface area contributed by atoms with Gasteiger partial charge in [-0.2, -0.15) is 0 Å². The molecule has 0 aliphatic carbocycles. The van der Waals surface area contributed by atoms with E-state index in [1.807, 2.05) is 12.1 Å². The number of hydrogen-bond acceptors (Lipinski definition) is 4. The number of ether oxygens (including phenoxy) is 2. The van der Waals surface area contributed by atoms with Gasteiger partial charge in [0.05, 0.1) is 24.8 Å². The number of likely N-dealkylation sites (tertiary alicyclic amines) is 1. The average Bonchev–Trinajstić information content (AvgIpc) is 2.39. The zero-order chi connectivity index (χ0) is 13.8. The Morgan fingerprint density at radius 3 is 2.68 bits per heavy atom. The summed E-state index contributed by atoms with van der Waals surface area (Å²) in [5.41, 5.74) is 1.10. The summed E-state index contributed by atoms with van der Waals surface area (Å²) in [7, 11) is 3.30. The van der Waals surface area contributed by atoms with Crippen molar-refractivity contribution in [2.24, 2.45) is 0 Å². The van der Waals surface area contributed by atoms with E-state index in [9.17, 15) is 5.11 Å². The first-order valence-corrected chi connectivity index (χ1v) is 7.24. The van der Waals surface area contributed by atoms with E-state index in [4.69, 9.17) is 9.47 Å². The first-order valence-electron chi connectivity index (χ1n) is 6.45. The van der Waals surface area contributed by atoms with Crippen LogP contribution in [-0.2, 0) is 6.54 Å². The van der Waals surface area contributed by atoms with Gasteiger partial charge in [-0.05, 0) is 41.4 Å². The van der Waals surface area contributed by atoms with Gasteiger partial charge in [0.15, 0.2) is 0 Å². The van der Waals surface area contributed by atoms with Gasteiger partial charge < -0.3 is 14.6 Å². The standard InChI is InChI=1S/C14H20BrNO3/c1-18-13-7-14(19-2)12(15)6-10(13)8-16-5-3-4-11(17)9-16/h6-7,11,17H,3-5,8-9H2,1-2H3/t11-/m1/s1. The second kappa shape index (κ2) is 6.59. The van der Waals surface area contributed by atoms with E-state index in [1.165, 1.54) is 0 Å². The molecular weight excluding hydrogens is 310 g/mol. The SMILES string of the molecule is COc1cc(OC)c(CN2CCC[C@@H](O)C2)cc1Br. The van der Waals surface area contributed by atoms with Crippen LogP contribution < -0.4 is 9.47 Å². The third-order valence-corrected chi connectivity index (χ3v) is 4.05. The maximum absolute atomic E-state index is 9.72. The van der Waals surface area contributed by atoms with E-state index >= 15 is 0 Å². The number of piperidine rings is 1. The summed E-state index contributed by atoms with van der Waals surface area (Å²) < 4.78 is 11.6. The van der Waals surface area contributed by atoms with Crippen molar-refractivity contribution in [3.8, 4) is 11.5 Å². The molecule has 5 heteroatoms. The van der Waals surface area contributed by atoms with E-state index in [0.29, 0.717) is 0 Å². The molecule has 0 spiro atoms. The van der Waals surface area contributed by atoms with Crippen molar-refractivity contribution in [1.29, 1.82) is 0 Å². The van der Waals surface area contributed by atoms with Crippen LogP contribution in [0, 0.1) is 0 Å². The number of methoxy groups -OCH3 is 2. The molecule has 1 atom stereocenters. The van der Waals surface area contributed by atoms with Gasteiger partial charge in [-0.1, -0.05) is 0 Å². The number of hydrogen-bond donors (Lipinski definition) is 1. The Labute approximate surface area is 122 Å². The molecule has 2 rings (SSSR count). The highest BCUT2D eigenvalue weighted by Gasteiger charge is 2.19. The van der Waals surface area contributed by atoms with Crippen molar-refractivity contribution < 1.29 is 14.6 Å². The smallest absolute Gasteiger partial charge is 0.136 e. The summed E-state index contributed by atoms with van der Waals surface area (Å²) >= 11 is 3.50. The molecule has 1 N–H and O–H groups in total. The topological polar surface area (TPSA) is 41.9 Å². The minimum atomic E-state index is -0.207. The summed E-state index contributed by atoms with van der Waals surface area (Å²) in [5.74, 6) is 1.58. The van der Waals surface area contributed by atoms with Crippen LogP contribution in [0.15, 0.2) is 16.6 Å². The average molecular weight is 330 g/mol. The van der Waals surface area contributed by atoms with Gasteiger partial charge in [-0.3, -0.25) is 4.90 Å². The van der Waals surface area contributed by atoms with Gasteiger partial charge in [0.2, 0.25) is 0 Å². The summed E-state index contributed by atoms with van der Waals surface area (Å²) in [6, 6.07) is 3.92. The monoisotopic (exact) mass is 329 g/mol. The van der Waals surface area contributed by atoms with Crippen LogP contribution in [0.1, 0.15) is 18.4 Å². The van der Waals surface area contributed by atoms with Crippen molar-refractivity contribution in [3.63, 3.8) is 0 Å². The Morgan fingerprint density at radius 1 is 1.32 bits per heavy atom. The second-order valence-corrected chi connectivity index (χ2v) is 5.68. The number of benzene rings is 1. The van der Waals surface area contributed by atoms with E-state index < -0.39 is 0 Å².